The van der Waals surface area contributed by atoms with Crippen LogP contribution in [-0.4, -0.2) is 5.91 Å². The van der Waals surface area contributed by atoms with Gasteiger partial charge in [0.15, 0.2) is 0 Å². The van der Waals surface area contributed by atoms with Crippen LogP contribution in [0.3, 0.4) is 0 Å². The van der Waals surface area contributed by atoms with Crippen molar-refractivity contribution in [1.82, 2.24) is 0 Å². The van der Waals surface area contributed by atoms with Crippen LogP contribution in [0.15, 0.2) is 54.6 Å². The minimum absolute atomic E-state index is 0.140. The van der Waals surface area contributed by atoms with Crippen molar-refractivity contribution in [2.45, 2.75) is 13.0 Å². The first-order valence-electron chi connectivity index (χ1n) is 6.21. The molecule has 0 spiro atoms. The quantitative estimate of drug-likeness (QED) is 0.904. The summed E-state index contributed by atoms with van der Waals surface area (Å²) in [7, 11) is 0. The van der Waals surface area contributed by atoms with Gasteiger partial charge in [-0.15, -0.1) is 0 Å². The molecule has 4 heteroatoms. The van der Waals surface area contributed by atoms with Gasteiger partial charge in [-0.05, 0) is 29.8 Å². The van der Waals surface area contributed by atoms with Gasteiger partial charge in [-0.2, -0.15) is 5.26 Å². The lowest BCUT2D eigenvalue weighted by atomic mass is 10.2. The SMILES string of the molecule is N#CCC(=O)Nc1ccc(COc2ccccc2)cc1. The molecule has 20 heavy (non-hydrogen) atoms. The lowest BCUT2D eigenvalue weighted by Gasteiger charge is -2.07. The van der Waals surface area contributed by atoms with E-state index in [4.69, 9.17) is 10.00 Å². The Kier molecular flexibility index (Phi) is 4.74. The van der Waals surface area contributed by atoms with Gasteiger partial charge in [-0.25, -0.2) is 0 Å². The fraction of sp³-hybridized carbons (Fsp3) is 0.125. The molecule has 0 saturated heterocycles. The van der Waals surface area contributed by atoms with Crippen LogP contribution in [0.4, 0.5) is 5.69 Å². The number of anilines is 1. The zero-order valence-corrected chi connectivity index (χ0v) is 10.9. The van der Waals surface area contributed by atoms with Gasteiger partial charge in [-0.1, -0.05) is 30.3 Å². The summed E-state index contributed by atoms with van der Waals surface area (Å²) in [6.45, 7) is 0.469. The molecule has 4 nitrogen and oxygen atoms in total. The Bertz CT molecular complexity index is 601. The number of amides is 1. The first-order chi connectivity index (χ1) is 9.78. The van der Waals surface area contributed by atoms with Gasteiger partial charge in [0.1, 0.15) is 18.8 Å². The minimum Gasteiger partial charge on any atom is -0.489 e. The van der Waals surface area contributed by atoms with Gasteiger partial charge in [0.2, 0.25) is 5.91 Å². The Labute approximate surface area is 117 Å². The number of carbonyl (C=O) groups excluding carboxylic acids is 1. The van der Waals surface area contributed by atoms with Crippen LogP contribution in [0.1, 0.15) is 12.0 Å². The van der Waals surface area contributed by atoms with Gasteiger partial charge >= 0.3 is 0 Å². The van der Waals surface area contributed by atoms with E-state index in [1.54, 1.807) is 18.2 Å². The highest BCUT2D eigenvalue weighted by Gasteiger charge is 2.01. The maximum absolute atomic E-state index is 11.2. The van der Waals surface area contributed by atoms with E-state index < -0.39 is 0 Å². The normalized spacial score (nSPS) is 9.55. The number of benzene rings is 2. The number of hydrogen-bond acceptors (Lipinski definition) is 3. The van der Waals surface area contributed by atoms with Crippen LogP contribution in [0.5, 0.6) is 5.75 Å². The highest BCUT2D eigenvalue weighted by atomic mass is 16.5. The van der Waals surface area contributed by atoms with Crippen molar-refractivity contribution in [3.05, 3.63) is 60.2 Å². The third kappa shape index (κ3) is 4.14. The van der Waals surface area contributed by atoms with Crippen LogP contribution < -0.4 is 10.1 Å². The maximum atomic E-state index is 11.2. The van der Waals surface area contributed by atoms with E-state index in [0.717, 1.165) is 11.3 Å². The average molecular weight is 266 g/mol. The molecule has 1 N–H and O–H groups in total. The molecule has 2 aromatic carbocycles. The molecular weight excluding hydrogens is 252 g/mol. The van der Waals surface area contributed by atoms with Crippen molar-refractivity contribution in [2.75, 3.05) is 5.32 Å². The maximum Gasteiger partial charge on any atom is 0.238 e. The Hall–Kier alpha value is -2.80. The lowest BCUT2D eigenvalue weighted by Crippen LogP contribution is -2.10. The predicted molar refractivity (Wildman–Crippen MR) is 76.1 cm³/mol. The topological polar surface area (TPSA) is 62.1 Å². The first-order valence-corrected chi connectivity index (χ1v) is 6.21. The number of rotatable bonds is 5. The summed E-state index contributed by atoms with van der Waals surface area (Å²) in [5.74, 6) is 0.514. The van der Waals surface area contributed by atoms with Crippen molar-refractivity contribution in [3.63, 3.8) is 0 Å². The Morgan fingerprint density at radius 2 is 1.80 bits per heavy atom. The third-order valence-corrected chi connectivity index (χ3v) is 2.63. The van der Waals surface area contributed by atoms with Gasteiger partial charge in [0.05, 0.1) is 6.07 Å². The fourth-order valence-electron chi connectivity index (χ4n) is 1.64. The van der Waals surface area contributed by atoms with E-state index in [1.807, 2.05) is 42.5 Å². The molecule has 0 bridgehead atoms. The summed E-state index contributed by atoms with van der Waals surface area (Å²) in [5.41, 5.74) is 1.68. The molecule has 100 valence electrons. The summed E-state index contributed by atoms with van der Waals surface area (Å²) in [4.78, 5) is 11.2. The van der Waals surface area contributed by atoms with Crippen LogP contribution in [0.25, 0.3) is 0 Å². The summed E-state index contributed by atoms with van der Waals surface area (Å²) >= 11 is 0. The molecule has 0 aliphatic carbocycles. The summed E-state index contributed by atoms with van der Waals surface area (Å²) in [5, 5.41) is 11.1. The van der Waals surface area contributed by atoms with Crippen molar-refractivity contribution in [2.24, 2.45) is 0 Å². The molecule has 0 fully saturated rings. The zero-order chi connectivity index (χ0) is 14.2. The van der Waals surface area contributed by atoms with E-state index in [0.29, 0.717) is 12.3 Å². The Morgan fingerprint density at radius 3 is 2.45 bits per heavy atom. The van der Waals surface area contributed by atoms with E-state index in [9.17, 15) is 4.79 Å². The smallest absolute Gasteiger partial charge is 0.238 e. The molecule has 0 unspecified atom stereocenters. The van der Waals surface area contributed by atoms with E-state index in [2.05, 4.69) is 5.32 Å². The van der Waals surface area contributed by atoms with Crippen LogP contribution >= 0.6 is 0 Å². The molecule has 0 radical (unpaired) electrons. The standard InChI is InChI=1S/C16H14N2O2/c17-11-10-16(19)18-14-8-6-13(7-9-14)12-20-15-4-2-1-3-5-15/h1-9H,10,12H2,(H,18,19). The second-order valence-corrected chi connectivity index (χ2v) is 4.18. The molecule has 0 heterocycles. The molecule has 2 rings (SSSR count). The molecule has 2 aromatic rings. The van der Waals surface area contributed by atoms with E-state index >= 15 is 0 Å². The monoisotopic (exact) mass is 266 g/mol. The zero-order valence-electron chi connectivity index (χ0n) is 10.9. The third-order valence-electron chi connectivity index (χ3n) is 2.63. The Morgan fingerprint density at radius 1 is 1.10 bits per heavy atom. The van der Waals surface area contributed by atoms with Crippen LogP contribution in [-0.2, 0) is 11.4 Å². The highest BCUT2D eigenvalue weighted by molar-refractivity contribution is 5.91. The van der Waals surface area contributed by atoms with Crippen molar-refractivity contribution >= 4 is 11.6 Å². The predicted octanol–water partition coefficient (Wildman–Crippen LogP) is 3.12. The lowest BCUT2D eigenvalue weighted by molar-refractivity contribution is -0.115. The van der Waals surface area contributed by atoms with Crippen molar-refractivity contribution in [3.8, 4) is 11.8 Å². The first kappa shape index (κ1) is 13.6. The number of hydrogen-bond donors (Lipinski definition) is 1. The van der Waals surface area contributed by atoms with Gasteiger partial charge < -0.3 is 10.1 Å². The average Bonchev–Trinajstić information content (AvgIpc) is 2.48. The summed E-state index contributed by atoms with van der Waals surface area (Å²) < 4.78 is 5.62. The van der Waals surface area contributed by atoms with Crippen LogP contribution in [0.2, 0.25) is 0 Å². The second kappa shape index (κ2) is 6.95. The Balaban J connectivity index is 1.89. The van der Waals surface area contributed by atoms with Crippen molar-refractivity contribution < 1.29 is 9.53 Å². The molecule has 0 aliphatic heterocycles. The number of nitrogens with zero attached hydrogens (tertiary/aromatic N) is 1. The highest BCUT2D eigenvalue weighted by Crippen LogP contribution is 2.14. The largest absolute Gasteiger partial charge is 0.489 e. The van der Waals surface area contributed by atoms with Crippen LogP contribution in [0, 0.1) is 11.3 Å². The molecular formula is C16H14N2O2. The second-order valence-electron chi connectivity index (χ2n) is 4.18. The molecule has 0 aromatic heterocycles. The van der Waals surface area contributed by atoms with Gasteiger partial charge in [0.25, 0.3) is 0 Å². The van der Waals surface area contributed by atoms with Gasteiger partial charge in [-0.3, -0.25) is 4.79 Å². The number of nitrogens with one attached hydrogen (secondary N) is 1. The number of para-hydroxylation sites is 1. The van der Waals surface area contributed by atoms with E-state index in [1.165, 1.54) is 0 Å². The number of nitriles is 1. The van der Waals surface area contributed by atoms with Gasteiger partial charge in [0, 0.05) is 5.69 Å². The molecule has 0 atom stereocenters. The fourth-order valence-corrected chi connectivity index (χ4v) is 1.64. The molecule has 0 aliphatic rings. The van der Waals surface area contributed by atoms with E-state index in [-0.39, 0.29) is 12.3 Å². The van der Waals surface area contributed by atoms with Crippen molar-refractivity contribution in [1.29, 1.82) is 5.26 Å². The molecule has 1 amide bonds. The number of ether oxygens (including phenoxy) is 1. The molecule has 0 saturated carbocycles. The summed E-state index contributed by atoms with van der Waals surface area (Å²) in [6.07, 6.45) is -0.140. The number of carbonyl (C=O) groups is 1. The minimum atomic E-state index is -0.305. The summed E-state index contributed by atoms with van der Waals surface area (Å²) in [6, 6.07) is 18.7.